The van der Waals surface area contributed by atoms with Gasteiger partial charge in [-0.25, -0.2) is 4.79 Å². The van der Waals surface area contributed by atoms with Gasteiger partial charge in [0.15, 0.2) is 0 Å². The van der Waals surface area contributed by atoms with Crippen LogP contribution < -0.4 is 0 Å². The summed E-state index contributed by atoms with van der Waals surface area (Å²) in [5.41, 5.74) is -0.517. The summed E-state index contributed by atoms with van der Waals surface area (Å²) in [5.74, 6) is -0.464. The Hall–Kier alpha value is -1.52. The van der Waals surface area contributed by atoms with Crippen molar-refractivity contribution in [3.63, 3.8) is 0 Å². The number of carbonyl (C=O) groups excluding carboxylic acids is 1. The van der Waals surface area contributed by atoms with Crippen LogP contribution in [0.2, 0.25) is 0 Å². The summed E-state index contributed by atoms with van der Waals surface area (Å²) in [4.78, 5) is 24.8. The molecule has 0 unspecified atom stereocenters. The number of carboxylic acid groups (broad SMARTS) is 1. The highest BCUT2D eigenvalue weighted by Gasteiger charge is 2.51. The molecule has 0 bridgehead atoms. The van der Waals surface area contributed by atoms with Gasteiger partial charge in [0, 0.05) is 13.1 Å². The molecule has 0 aromatic rings. The van der Waals surface area contributed by atoms with Crippen LogP contribution in [0.4, 0.5) is 4.79 Å². The van der Waals surface area contributed by atoms with Crippen LogP contribution in [-0.4, -0.2) is 41.8 Å². The summed E-state index contributed by atoms with van der Waals surface area (Å²) in [6.07, 6.45) is 5.32. The standard InChI is InChI=1S/C14H21NO4/c1-2-10-19-13(18)15-8-4-11(5-9-15)14(12(16)17)6-3-7-14/h2,11H,1,3-10H2,(H,16,17). The van der Waals surface area contributed by atoms with Gasteiger partial charge in [-0.2, -0.15) is 0 Å². The first-order valence-electron chi connectivity index (χ1n) is 6.86. The van der Waals surface area contributed by atoms with Crippen LogP contribution in [0.15, 0.2) is 12.7 Å². The molecule has 1 saturated carbocycles. The van der Waals surface area contributed by atoms with E-state index >= 15 is 0 Å². The Morgan fingerprint density at radius 2 is 2.00 bits per heavy atom. The Labute approximate surface area is 113 Å². The van der Waals surface area contributed by atoms with E-state index < -0.39 is 11.4 Å². The van der Waals surface area contributed by atoms with Crippen LogP contribution in [0.3, 0.4) is 0 Å². The van der Waals surface area contributed by atoms with E-state index in [1.807, 2.05) is 0 Å². The Bertz CT molecular complexity index is 368. The van der Waals surface area contributed by atoms with Gasteiger partial charge in [-0.3, -0.25) is 4.79 Å². The largest absolute Gasteiger partial charge is 0.481 e. The van der Waals surface area contributed by atoms with Crippen molar-refractivity contribution in [1.29, 1.82) is 0 Å². The van der Waals surface area contributed by atoms with Crippen LogP contribution in [0.25, 0.3) is 0 Å². The first-order chi connectivity index (χ1) is 9.10. The second kappa shape index (κ2) is 5.63. The molecule has 19 heavy (non-hydrogen) atoms. The number of hydrogen-bond donors (Lipinski definition) is 1. The highest BCUT2D eigenvalue weighted by Crippen LogP contribution is 2.50. The maximum Gasteiger partial charge on any atom is 0.410 e. The monoisotopic (exact) mass is 267 g/mol. The maximum absolute atomic E-state index is 11.7. The lowest BCUT2D eigenvalue weighted by Gasteiger charge is -2.47. The first kappa shape index (κ1) is 13.9. The normalized spacial score (nSPS) is 22.4. The van der Waals surface area contributed by atoms with Crippen molar-refractivity contribution in [3.8, 4) is 0 Å². The zero-order chi connectivity index (χ0) is 13.9. The van der Waals surface area contributed by atoms with Gasteiger partial charge < -0.3 is 14.7 Å². The number of carbonyl (C=O) groups is 2. The van der Waals surface area contributed by atoms with E-state index in [0.29, 0.717) is 13.1 Å². The molecular formula is C14H21NO4. The van der Waals surface area contributed by atoms with E-state index in [1.165, 1.54) is 0 Å². The number of piperidine rings is 1. The summed E-state index contributed by atoms with van der Waals surface area (Å²) < 4.78 is 4.99. The molecule has 2 aliphatic rings. The first-order valence-corrected chi connectivity index (χ1v) is 6.86. The van der Waals surface area contributed by atoms with E-state index in [2.05, 4.69) is 6.58 Å². The summed E-state index contributed by atoms with van der Waals surface area (Å²) in [5, 5.41) is 9.41. The van der Waals surface area contributed by atoms with Gasteiger partial charge in [-0.05, 0) is 31.6 Å². The molecule has 1 saturated heterocycles. The highest BCUT2D eigenvalue weighted by atomic mass is 16.6. The number of amides is 1. The molecule has 1 aliphatic heterocycles. The number of rotatable bonds is 4. The maximum atomic E-state index is 11.7. The van der Waals surface area contributed by atoms with Crippen LogP contribution in [0.1, 0.15) is 32.1 Å². The smallest absolute Gasteiger partial charge is 0.410 e. The fourth-order valence-electron chi connectivity index (χ4n) is 3.19. The molecule has 0 aromatic carbocycles. The molecule has 0 spiro atoms. The van der Waals surface area contributed by atoms with Gasteiger partial charge in [0.1, 0.15) is 6.61 Å². The van der Waals surface area contributed by atoms with Gasteiger partial charge in [0.2, 0.25) is 0 Å². The number of carboxylic acids is 1. The van der Waals surface area contributed by atoms with E-state index in [9.17, 15) is 14.7 Å². The van der Waals surface area contributed by atoms with Crippen molar-refractivity contribution in [3.05, 3.63) is 12.7 Å². The van der Waals surface area contributed by atoms with Crippen LogP contribution in [0.5, 0.6) is 0 Å². The zero-order valence-electron chi connectivity index (χ0n) is 11.1. The minimum absolute atomic E-state index is 0.196. The molecule has 0 atom stereocenters. The molecule has 0 aromatic heterocycles. The molecule has 2 rings (SSSR count). The van der Waals surface area contributed by atoms with Gasteiger partial charge >= 0.3 is 12.1 Å². The van der Waals surface area contributed by atoms with Crippen molar-refractivity contribution in [1.82, 2.24) is 4.90 Å². The second-order valence-corrected chi connectivity index (χ2v) is 5.44. The Morgan fingerprint density at radius 1 is 1.37 bits per heavy atom. The lowest BCUT2D eigenvalue weighted by Crippen LogP contribution is -2.50. The minimum Gasteiger partial charge on any atom is -0.481 e. The van der Waals surface area contributed by atoms with Crippen molar-refractivity contribution >= 4 is 12.1 Å². The molecule has 1 heterocycles. The quantitative estimate of drug-likeness (QED) is 0.793. The zero-order valence-corrected chi connectivity index (χ0v) is 11.1. The molecular weight excluding hydrogens is 246 g/mol. The van der Waals surface area contributed by atoms with Crippen LogP contribution in [0, 0.1) is 11.3 Å². The van der Waals surface area contributed by atoms with E-state index in [1.54, 1.807) is 11.0 Å². The molecule has 0 radical (unpaired) electrons. The third-order valence-corrected chi connectivity index (χ3v) is 4.53. The molecule has 1 aliphatic carbocycles. The van der Waals surface area contributed by atoms with Crippen molar-refractivity contribution in [2.45, 2.75) is 32.1 Å². The third-order valence-electron chi connectivity index (χ3n) is 4.53. The average Bonchev–Trinajstić information content (AvgIpc) is 2.35. The van der Waals surface area contributed by atoms with E-state index in [4.69, 9.17) is 4.74 Å². The van der Waals surface area contributed by atoms with Gasteiger partial charge in [-0.15, -0.1) is 0 Å². The lowest BCUT2D eigenvalue weighted by atomic mass is 9.58. The average molecular weight is 267 g/mol. The van der Waals surface area contributed by atoms with Gasteiger partial charge in [-0.1, -0.05) is 19.1 Å². The third kappa shape index (κ3) is 2.60. The van der Waals surface area contributed by atoms with Crippen molar-refractivity contribution in [2.24, 2.45) is 11.3 Å². The summed E-state index contributed by atoms with van der Waals surface area (Å²) in [6.45, 7) is 4.91. The Morgan fingerprint density at radius 3 is 2.42 bits per heavy atom. The van der Waals surface area contributed by atoms with Gasteiger partial charge in [0.05, 0.1) is 5.41 Å². The predicted octanol–water partition coefficient (Wildman–Crippen LogP) is 2.28. The van der Waals surface area contributed by atoms with E-state index in [0.717, 1.165) is 32.1 Å². The SMILES string of the molecule is C=CCOC(=O)N1CCC(C2(C(=O)O)CCC2)CC1. The predicted molar refractivity (Wildman–Crippen MR) is 69.8 cm³/mol. The van der Waals surface area contributed by atoms with Crippen LogP contribution >= 0.6 is 0 Å². The fourth-order valence-corrected chi connectivity index (χ4v) is 3.19. The number of likely N-dealkylation sites (tertiary alicyclic amines) is 1. The number of hydrogen-bond acceptors (Lipinski definition) is 3. The molecule has 1 amide bonds. The number of ether oxygens (including phenoxy) is 1. The Balaban J connectivity index is 1.87. The lowest BCUT2D eigenvalue weighted by molar-refractivity contribution is -0.161. The molecule has 2 fully saturated rings. The molecule has 5 heteroatoms. The highest BCUT2D eigenvalue weighted by molar-refractivity contribution is 5.76. The number of aliphatic carboxylic acids is 1. The summed E-state index contributed by atoms with van der Waals surface area (Å²) >= 11 is 0. The summed E-state index contributed by atoms with van der Waals surface area (Å²) in [6, 6.07) is 0. The van der Waals surface area contributed by atoms with Crippen LogP contribution in [-0.2, 0) is 9.53 Å². The van der Waals surface area contributed by atoms with Gasteiger partial charge in [0.25, 0.3) is 0 Å². The summed E-state index contributed by atoms with van der Waals surface area (Å²) in [7, 11) is 0. The Kier molecular flexibility index (Phi) is 4.12. The van der Waals surface area contributed by atoms with Crippen molar-refractivity contribution < 1.29 is 19.4 Å². The molecule has 1 N–H and O–H groups in total. The fraction of sp³-hybridized carbons (Fsp3) is 0.714. The second-order valence-electron chi connectivity index (χ2n) is 5.44. The number of nitrogens with zero attached hydrogens (tertiary/aromatic N) is 1. The molecule has 5 nitrogen and oxygen atoms in total. The van der Waals surface area contributed by atoms with E-state index in [-0.39, 0.29) is 18.6 Å². The van der Waals surface area contributed by atoms with Crippen molar-refractivity contribution in [2.75, 3.05) is 19.7 Å². The topological polar surface area (TPSA) is 66.8 Å². The minimum atomic E-state index is -0.661. The molecule has 106 valence electrons.